The first kappa shape index (κ1) is 18.8. The van der Waals surface area contributed by atoms with Crippen LogP contribution in [0.5, 0.6) is 5.75 Å². The molecular weight excluding hydrogens is 340 g/mol. The molecule has 3 aromatic rings. The number of methoxy groups -OCH3 is 1. The van der Waals surface area contributed by atoms with E-state index in [0.717, 1.165) is 5.75 Å². The molecule has 0 saturated heterocycles. The van der Waals surface area contributed by atoms with Gasteiger partial charge in [-0.2, -0.15) is 0 Å². The molecule has 0 bridgehead atoms. The smallest absolute Gasteiger partial charge is 0.118 e. The summed E-state index contributed by atoms with van der Waals surface area (Å²) in [5.74, 6) is 2.33. The van der Waals surface area contributed by atoms with E-state index in [1.54, 1.807) is 7.11 Å². The predicted octanol–water partition coefficient (Wildman–Crippen LogP) is 7.42. The third-order valence-electron chi connectivity index (χ3n) is 6.40. The summed E-state index contributed by atoms with van der Waals surface area (Å²) < 4.78 is 5.29. The summed E-state index contributed by atoms with van der Waals surface area (Å²) in [6.45, 7) is 4.39. The van der Waals surface area contributed by atoms with Gasteiger partial charge < -0.3 is 4.74 Å². The molecule has 0 spiro atoms. The van der Waals surface area contributed by atoms with Crippen LogP contribution >= 0.6 is 0 Å². The van der Waals surface area contributed by atoms with E-state index in [0.29, 0.717) is 11.8 Å². The van der Waals surface area contributed by atoms with Gasteiger partial charge in [-0.25, -0.2) is 0 Å². The standard InChI is InChI=1S/C27H30O/c1-19-4-6-24(7-5-19)27-17-14-25(18-20(27)2)23-10-8-21(9-11-23)22-12-15-26(28-3)16-13-22/h4-7,12-18,21,23H,8-11H2,1-3H3. The second kappa shape index (κ2) is 8.22. The summed E-state index contributed by atoms with van der Waals surface area (Å²) in [7, 11) is 1.73. The van der Waals surface area contributed by atoms with Crippen LogP contribution in [0.15, 0.2) is 66.7 Å². The lowest BCUT2D eigenvalue weighted by atomic mass is 9.76. The normalized spacial score (nSPS) is 19.4. The SMILES string of the molecule is COc1ccc(C2CCC(c3ccc(-c4ccc(C)cc4)c(C)c3)CC2)cc1. The molecule has 0 atom stereocenters. The van der Waals surface area contributed by atoms with Crippen molar-refractivity contribution in [2.24, 2.45) is 0 Å². The Morgan fingerprint density at radius 3 is 1.82 bits per heavy atom. The van der Waals surface area contributed by atoms with Crippen molar-refractivity contribution < 1.29 is 4.74 Å². The second-order valence-corrected chi connectivity index (χ2v) is 8.26. The van der Waals surface area contributed by atoms with E-state index in [-0.39, 0.29) is 0 Å². The molecule has 1 saturated carbocycles. The molecule has 0 radical (unpaired) electrons. The lowest BCUT2D eigenvalue weighted by Crippen LogP contribution is -2.12. The van der Waals surface area contributed by atoms with Gasteiger partial charge in [0.25, 0.3) is 0 Å². The van der Waals surface area contributed by atoms with Crippen LogP contribution in [0.1, 0.15) is 59.8 Å². The maximum atomic E-state index is 5.29. The summed E-state index contributed by atoms with van der Waals surface area (Å²) in [6.07, 6.45) is 5.10. The van der Waals surface area contributed by atoms with Crippen LogP contribution in [0, 0.1) is 13.8 Å². The van der Waals surface area contributed by atoms with E-state index in [2.05, 4.69) is 80.6 Å². The van der Waals surface area contributed by atoms with Crippen LogP contribution < -0.4 is 4.74 Å². The number of aryl methyl sites for hydroxylation is 2. The molecule has 1 fully saturated rings. The molecule has 0 aliphatic heterocycles. The van der Waals surface area contributed by atoms with Gasteiger partial charge in [-0.1, -0.05) is 60.2 Å². The highest BCUT2D eigenvalue weighted by atomic mass is 16.5. The predicted molar refractivity (Wildman–Crippen MR) is 118 cm³/mol. The molecule has 1 aliphatic carbocycles. The van der Waals surface area contributed by atoms with E-state index < -0.39 is 0 Å². The van der Waals surface area contributed by atoms with Crippen LogP contribution in [0.4, 0.5) is 0 Å². The van der Waals surface area contributed by atoms with Crippen molar-refractivity contribution in [3.05, 3.63) is 89.0 Å². The molecule has 1 nitrogen and oxygen atoms in total. The molecule has 0 aromatic heterocycles. The zero-order valence-corrected chi connectivity index (χ0v) is 17.2. The second-order valence-electron chi connectivity index (χ2n) is 8.26. The van der Waals surface area contributed by atoms with Gasteiger partial charge in [0, 0.05) is 0 Å². The van der Waals surface area contributed by atoms with E-state index >= 15 is 0 Å². The van der Waals surface area contributed by atoms with Gasteiger partial charge in [0.2, 0.25) is 0 Å². The Kier molecular flexibility index (Phi) is 5.52. The van der Waals surface area contributed by atoms with Crippen LogP contribution in [-0.2, 0) is 0 Å². The zero-order chi connectivity index (χ0) is 19.5. The van der Waals surface area contributed by atoms with E-state index in [1.165, 1.54) is 59.1 Å². The van der Waals surface area contributed by atoms with Gasteiger partial charge in [0.05, 0.1) is 7.11 Å². The first-order chi connectivity index (χ1) is 13.6. The molecule has 3 aromatic carbocycles. The van der Waals surface area contributed by atoms with Crippen molar-refractivity contribution in [3.8, 4) is 16.9 Å². The van der Waals surface area contributed by atoms with Crippen molar-refractivity contribution in [2.45, 2.75) is 51.4 Å². The number of hydrogen-bond donors (Lipinski definition) is 0. The van der Waals surface area contributed by atoms with E-state index in [1.807, 2.05) is 0 Å². The van der Waals surface area contributed by atoms with Gasteiger partial charge in [-0.3, -0.25) is 0 Å². The Morgan fingerprint density at radius 1 is 0.679 bits per heavy atom. The van der Waals surface area contributed by atoms with E-state index in [9.17, 15) is 0 Å². The Balaban J connectivity index is 1.44. The number of rotatable bonds is 4. The zero-order valence-electron chi connectivity index (χ0n) is 17.2. The molecule has 1 heteroatoms. The Labute approximate surface area is 169 Å². The highest BCUT2D eigenvalue weighted by Crippen LogP contribution is 2.41. The van der Waals surface area contributed by atoms with Crippen molar-refractivity contribution in [1.82, 2.24) is 0 Å². The first-order valence-electron chi connectivity index (χ1n) is 10.5. The minimum Gasteiger partial charge on any atom is -0.497 e. The summed E-state index contributed by atoms with van der Waals surface area (Å²) in [5, 5.41) is 0. The molecule has 0 heterocycles. The lowest BCUT2D eigenvalue weighted by molar-refractivity contribution is 0.394. The van der Waals surface area contributed by atoms with Crippen molar-refractivity contribution in [2.75, 3.05) is 7.11 Å². The molecule has 144 valence electrons. The van der Waals surface area contributed by atoms with Gasteiger partial charge in [-0.15, -0.1) is 0 Å². The molecule has 0 amide bonds. The maximum Gasteiger partial charge on any atom is 0.118 e. The van der Waals surface area contributed by atoms with Crippen molar-refractivity contribution in [3.63, 3.8) is 0 Å². The molecule has 0 N–H and O–H groups in total. The molecule has 1 aliphatic rings. The number of ether oxygens (including phenoxy) is 1. The van der Waals surface area contributed by atoms with Crippen LogP contribution in [0.2, 0.25) is 0 Å². The van der Waals surface area contributed by atoms with Crippen LogP contribution in [0.3, 0.4) is 0 Å². The van der Waals surface area contributed by atoms with Crippen LogP contribution in [0.25, 0.3) is 11.1 Å². The summed E-state index contributed by atoms with van der Waals surface area (Å²) >= 11 is 0. The van der Waals surface area contributed by atoms with Crippen LogP contribution in [-0.4, -0.2) is 7.11 Å². The molecule has 4 rings (SSSR count). The molecule has 0 unspecified atom stereocenters. The largest absolute Gasteiger partial charge is 0.497 e. The minimum absolute atomic E-state index is 0.690. The monoisotopic (exact) mass is 370 g/mol. The third-order valence-corrected chi connectivity index (χ3v) is 6.40. The minimum atomic E-state index is 0.690. The van der Waals surface area contributed by atoms with Gasteiger partial charge in [-0.05, 0) is 91.3 Å². The average Bonchev–Trinajstić information content (AvgIpc) is 2.75. The third kappa shape index (κ3) is 3.99. The topological polar surface area (TPSA) is 9.23 Å². The average molecular weight is 371 g/mol. The van der Waals surface area contributed by atoms with Gasteiger partial charge in [0.15, 0.2) is 0 Å². The van der Waals surface area contributed by atoms with Gasteiger partial charge in [0.1, 0.15) is 5.75 Å². The quantitative estimate of drug-likeness (QED) is 0.464. The summed E-state index contributed by atoms with van der Waals surface area (Å²) in [6, 6.07) is 24.6. The first-order valence-corrected chi connectivity index (χ1v) is 10.5. The fourth-order valence-corrected chi connectivity index (χ4v) is 4.63. The Hall–Kier alpha value is -2.54. The maximum absolute atomic E-state index is 5.29. The van der Waals surface area contributed by atoms with Crippen molar-refractivity contribution >= 4 is 0 Å². The lowest BCUT2D eigenvalue weighted by Gasteiger charge is -2.29. The number of benzene rings is 3. The fraction of sp³-hybridized carbons (Fsp3) is 0.333. The highest BCUT2D eigenvalue weighted by Gasteiger charge is 2.23. The molecule has 28 heavy (non-hydrogen) atoms. The Morgan fingerprint density at radius 2 is 1.25 bits per heavy atom. The van der Waals surface area contributed by atoms with Gasteiger partial charge >= 0.3 is 0 Å². The summed E-state index contributed by atoms with van der Waals surface area (Å²) in [5.41, 5.74) is 8.35. The Bertz CT molecular complexity index is 913. The fourth-order valence-electron chi connectivity index (χ4n) is 4.63. The molecular formula is C27H30O. The van der Waals surface area contributed by atoms with Crippen molar-refractivity contribution in [1.29, 1.82) is 0 Å². The highest BCUT2D eigenvalue weighted by molar-refractivity contribution is 5.68. The number of hydrogen-bond acceptors (Lipinski definition) is 1. The summed E-state index contributed by atoms with van der Waals surface area (Å²) in [4.78, 5) is 0. The van der Waals surface area contributed by atoms with E-state index in [4.69, 9.17) is 4.74 Å².